The number of carbonyl (C=O) groups excluding carboxylic acids is 2. The summed E-state index contributed by atoms with van der Waals surface area (Å²) in [5.41, 5.74) is 1.55. The standard InChI is InChI=1S/C26H28N2O4S/c1-3-13-27(26(30)21-10-12-23-24(14-21)32-18-31-23)17-25(29)28(15-20-7-5-4-6-8-20)16-22-11-9-19(2)33-22/h4-12,14H,3,13,15-18H2,1-2H3. The summed E-state index contributed by atoms with van der Waals surface area (Å²) < 4.78 is 10.8. The first-order valence-electron chi connectivity index (χ1n) is 11.1. The number of ether oxygens (including phenoxy) is 2. The highest BCUT2D eigenvalue weighted by atomic mass is 32.1. The second-order valence-corrected chi connectivity index (χ2v) is 9.41. The molecule has 4 rings (SSSR count). The molecule has 172 valence electrons. The van der Waals surface area contributed by atoms with Crippen LogP contribution in [0.1, 0.15) is 39.0 Å². The third-order valence-electron chi connectivity index (χ3n) is 5.44. The predicted octanol–water partition coefficient (Wildman–Crippen LogP) is 4.87. The summed E-state index contributed by atoms with van der Waals surface area (Å²) in [6, 6.07) is 19.2. The molecule has 2 aromatic carbocycles. The number of hydrogen-bond donors (Lipinski definition) is 0. The van der Waals surface area contributed by atoms with Gasteiger partial charge in [0, 0.05) is 28.4 Å². The highest BCUT2D eigenvalue weighted by Gasteiger charge is 2.24. The maximum atomic E-state index is 13.5. The van der Waals surface area contributed by atoms with Gasteiger partial charge in [0.1, 0.15) is 6.54 Å². The first-order chi connectivity index (χ1) is 16.0. The van der Waals surface area contributed by atoms with Crippen LogP contribution in [0.3, 0.4) is 0 Å². The zero-order valence-corrected chi connectivity index (χ0v) is 19.8. The molecule has 2 heterocycles. The minimum atomic E-state index is -0.185. The van der Waals surface area contributed by atoms with Gasteiger partial charge in [-0.2, -0.15) is 0 Å². The van der Waals surface area contributed by atoms with Crippen LogP contribution < -0.4 is 9.47 Å². The molecule has 0 bridgehead atoms. The van der Waals surface area contributed by atoms with Crippen molar-refractivity contribution < 1.29 is 19.1 Å². The summed E-state index contributed by atoms with van der Waals surface area (Å²) in [5.74, 6) is 0.926. The van der Waals surface area contributed by atoms with Crippen LogP contribution in [0.5, 0.6) is 11.5 Å². The molecular formula is C26H28N2O4S. The molecule has 0 saturated heterocycles. The van der Waals surface area contributed by atoms with Crippen LogP contribution in [-0.2, 0) is 17.9 Å². The van der Waals surface area contributed by atoms with Crippen LogP contribution in [-0.4, -0.2) is 41.5 Å². The van der Waals surface area contributed by atoms with Crippen LogP contribution in [0.4, 0.5) is 0 Å². The highest BCUT2D eigenvalue weighted by molar-refractivity contribution is 7.11. The normalized spacial score (nSPS) is 11.9. The topological polar surface area (TPSA) is 59.1 Å². The lowest BCUT2D eigenvalue weighted by molar-refractivity contribution is -0.133. The van der Waals surface area contributed by atoms with E-state index in [0.717, 1.165) is 16.9 Å². The van der Waals surface area contributed by atoms with E-state index in [2.05, 4.69) is 19.1 Å². The van der Waals surface area contributed by atoms with E-state index in [1.165, 1.54) is 4.88 Å². The molecule has 0 spiro atoms. The summed E-state index contributed by atoms with van der Waals surface area (Å²) >= 11 is 1.69. The molecule has 0 aliphatic carbocycles. The van der Waals surface area contributed by atoms with E-state index < -0.39 is 0 Å². The molecule has 0 atom stereocenters. The number of aryl methyl sites for hydroxylation is 1. The van der Waals surface area contributed by atoms with Crippen LogP contribution in [0, 0.1) is 6.92 Å². The van der Waals surface area contributed by atoms with E-state index in [1.54, 1.807) is 34.4 Å². The zero-order valence-electron chi connectivity index (χ0n) is 19.0. The SMILES string of the molecule is CCCN(CC(=O)N(Cc1ccccc1)Cc1ccc(C)s1)C(=O)c1ccc2c(c1)OCO2. The molecule has 2 amide bonds. The third-order valence-corrected chi connectivity index (χ3v) is 6.42. The molecule has 1 aliphatic heterocycles. The number of thiophene rings is 1. The van der Waals surface area contributed by atoms with E-state index in [-0.39, 0.29) is 25.2 Å². The summed E-state index contributed by atoms with van der Waals surface area (Å²) in [4.78, 5) is 32.5. The third kappa shape index (κ3) is 5.73. The molecule has 0 radical (unpaired) electrons. The maximum absolute atomic E-state index is 13.5. The number of rotatable bonds is 9. The Hall–Kier alpha value is -3.32. The highest BCUT2D eigenvalue weighted by Crippen LogP contribution is 2.32. The van der Waals surface area contributed by atoms with Gasteiger partial charge in [-0.05, 0) is 49.2 Å². The van der Waals surface area contributed by atoms with Gasteiger partial charge in [0.25, 0.3) is 5.91 Å². The first kappa shape index (κ1) is 22.9. The Morgan fingerprint density at radius 2 is 1.73 bits per heavy atom. The summed E-state index contributed by atoms with van der Waals surface area (Å²) in [5, 5.41) is 0. The van der Waals surface area contributed by atoms with E-state index in [1.807, 2.05) is 42.2 Å². The lowest BCUT2D eigenvalue weighted by Gasteiger charge is -2.27. The van der Waals surface area contributed by atoms with Gasteiger partial charge in [0.2, 0.25) is 12.7 Å². The quantitative estimate of drug-likeness (QED) is 0.454. The Balaban J connectivity index is 1.52. The van der Waals surface area contributed by atoms with E-state index in [0.29, 0.717) is 36.7 Å². The van der Waals surface area contributed by atoms with Crippen molar-refractivity contribution in [2.45, 2.75) is 33.4 Å². The molecular weight excluding hydrogens is 436 g/mol. The van der Waals surface area contributed by atoms with E-state index in [9.17, 15) is 9.59 Å². The van der Waals surface area contributed by atoms with Crippen molar-refractivity contribution in [3.63, 3.8) is 0 Å². The van der Waals surface area contributed by atoms with Gasteiger partial charge in [0.15, 0.2) is 11.5 Å². The average Bonchev–Trinajstić information content (AvgIpc) is 3.46. The summed E-state index contributed by atoms with van der Waals surface area (Å²) in [6.45, 7) is 5.75. The van der Waals surface area contributed by atoms with Gasteiger partial charge in [-0.3, -0.25) is 9.59 Å². The smallest absolute Gasteiger partial charge is 0.254 e. The summed E-state index contributed by atoms with van der Waals surface area (Å²) in [6.07, 6.45) is 0.756. The number of amides is 2. The molecule has 3 aromatic rings. The van der Waals surface area contributed by atoms with E-state index >= 15 is 0 Å². The summed E-state index contributed by atoms with van der Waals surface area (Å²) in [7, 11) is 0. The van der Waals surface area contributed by atoms with Crippen molar-refractivity contribution in [3.8, 4) is 11.5 Å². The fourth-order valence-corrected chi connectivity index (χ4v) is 4.70. The van der Waals surface area contributed by atoms with Crippen molar-refractivity contribution in [1.29, 1.82) is 0 Å². The molecule has 1 aromatic heterocycles. The lowest BCUT2D eigenvalue weighted by atomic mass is 10.1. The largest absolute Gasteiger partial charge is 0.454 e. The molecule has 0 fully saturated rings. The van der Waals surface area contributed by atoms with Crippen LogP contribution in [0.2, 0.25) is 0 Å². The number of fused-ring (bicyclic) bond motifs is 1. The molecule has 0 saturated carbocycles. The Kier molecular flexibility index (Phi) is 7.29. The molecule has 7 heteroatoms. The van der Waals surface area contributed by atoms with Crippen LogP contribution in [0.25, 0.3) is 0 Å². The molecule has 1 aliphatic rings. The van der Waals surface area contributed by atoms with Gasteiger partial charge in [0.05, 0.1) is 6.54 Å². The minimum absolute atomic E-state index is 0.0261. The van der Waals surface area contributed by atoms with Gasteiger partial charge in [-0.15, -0.1) is 11.3 Å². The Bertz CT molecular complexity index is 1110. The average molecular weight is 465 g/mol. The lowest BCUT2D eigenvalue weighted by Crippen LogP contribution is -2.42. The maximum Gasteiger partial charge on any atom is 0.254 e. The van der Waals surface area contributed by atoms with Crippen molar-refractivity contribution in [2.75, 3.05) is 19.9 Å². The van der Waals surface area contributed by atoms with Gasteiger partial charge in [-0.1, -0.05) is 37.3 Å². The molecule has 6 nitrogen and oxygen atoms in total. The fraction of sp³-hybridized carbons (Fsp3) is 0.308. The first-order valence-corrected chi connectivity index (χ1v) is 11.9. The van der Waals surface area contributed by atoms with Crippen molar-refractivity contribution >= 4 is 23.2 Å². The van der Waals surface area contributed by atoms with Crippen LogP contribution >= 0.6 is 11.3 Å². The molecule has 33 heavy (non-hydrogen) atoms. The van der Waals surface area contributed by atoms with Crippen molar-refractivity contribution in [2.24, 2.45) is 0 Å². The zero-order chi connectivity index (χ0) is 23.2. The molecule has 0 unspecified atom stereocenters. The van der Waals surface area contributed by atoms with Crippen LogP contribution in [0.15, 0.2) is 60.7 Å². The number of nitrogens with zero attached hydrogens (tertiary/aromatic N) is 2. The molecule has 0 N–H and O–H groups in total. The Labute approximate surface area is 198 Å². The van der Waals surface area contributed by atoms with Crippen molar-refractivity contribution in [3.05, 3.63) is 81.5 Å². The van der Waals surface area contributed by atoms with Gasteiger partial charge < -0.3 is 19.3 Å². The van der Waals surface area contributed by atoms with Gasteiger partial charge >= 0.3 is 0 Å². The second-order valence-electron chi connectivity index (χ2n) is 8.04. The Morgan fingerprint density at radius 1 is 0.939 bits per heavy atom. The Morgan fingerprint density at radius 3 is 2.45 bits per heavy atom. The second kappa shape index (κ2) is 10.5. The predicted molar refractivity (Wildman–Crippen MR) is 129 cm³/mol. The minimum Gasteiger partial charge on any atom is -0.454 e. The number of hydrogen-bond acceptors (Lipinski definition) is 5. The fourth-order valence-electron chi connectivity index (χ4n) is 3.79. The van der Waals surface area contributed by atoms with Crippen molar-refractivity contribution in [1.82, 2.24) is 9.80 Å². The van der Waals surface area contributed by atoms with E-state index in [4.69, 9.17) is 9.47 Å². The van der Waals surface area contributed by atoms with Gasteiger partial charge in [-0.25, -0.2) is 0 Å². The number of benzene rings is 2. The monoisotopic (exact) mass is 464 g/mol. The number of carbonyl (C=O) groups is 2.